The van der Waals surface area contributed by atoms with Gasteiger partial charge in [-0.1, -0.05) is 41.4 Å². The molecule has 0 fully saturated rings. The summed E-state index contributed by atoms with van der Waals surface area (Å²) in [7, 11) is -3.54. The molecule has 1 N–H and O–H groups in total. The van der Waals surface area contributed by atoms with Gasteiger partial charge in [0.15, 0.2) is 0 Å². The van der Waals surface area contributed by atoms with Gasteiger partial charge >= 0.3 is 0 Å². The van der Waals surface area contributed by atoms with Gasteiger partial charge in [-0.05, 0) is 69.5 Å². The van der Waals surface area contributed by atoms with Crippen LogP contribution in [0.15, 0.2) is 42.5 Å². The van der Waals surface area contributed by atoms with Gasteiger partial charge < -0.3 is 10.2 Å². The minimum atomic E-state index is -3.54. The van der Waals surface area contributed by atoms with E-state index >= 15 is 0 Å². The number of rotatable bonds is 11. The number of amides is 2. The van der Waals surface area contributed by atoms with E-state index in [0.29, 0.717) is 21.3 Å². The Morgan fingerprint density at radius 1 is 1.06 bits per heavy atom. The molecule has 7 nitrogen and oxygen atoms in total. The molecule has 0 aromatic heterocycles. The lowest BCUT2D eigenvalue weighted by molar-refractivity contribution is -0.140. The molecule has 1 unspecified atom stereocenters. The number of aryl methyl sites for hydroxylation is 1. The zero-order valence-corrected chi connectivity index (χ0v) is 23.0. The highest BCUT2D eigenvalue weighted by Crippen LogP contribution is 2.24. The van der Waals surface area contributed by atoms with Crippen LogP contribution in [0.3, 0.4) is 0 Å². The molecule has 0 heterocycles. The molecule has 0 aliphatic rings. The second kappa shape index (κ2) is 12.6. The quantitative estimate of drug-likeness (QED) is 0.443. The molecule has 0 aliphatic carbocycles. The van der Waals surface area contributed by atoms with Crippen molar-refractivity contribution in [1.29, 1.82) is 0 Å². The molecular formula is C25H33Cl2N3O4S. The maximum atomic E-state index is 13.3. The lowest BCUT2D eigenvalue weighted by atomic mass is 10.1. The second-order valence-corrected chi connectivity index (χ2v) is 11.6. The second-order valence-electron chi connectivity index (χ2n) is 8.87. The number of carbonyl (C=O) groups is 2. The number of nitrogens with zero attached hydrogens (tertiary/aromatic N) is 2. The molecule has 0 spiro atoms. The summed E-state index contributed by atoms with van der Waals surface area (Å²) in [6.07, 6.45) is 1.48. The van der Waals surface area contributed by atoms with Crippen LogP contribution >= 0.6 is 23.2 Å². The van der Waals surface area contributed by atoms with Crippen LogP contribution in [0.25, 0.3) is 0 Å². The van der Waals surface area contributed by atoms with Gasteiger partial charge in [0, 0.05) is 35.6 Å². The molecule has 35 heavy (non-hydrogen) atoms. The predicted octanol–water partition coefficient (Wildman–Crippen LogP) is 4.79. The highest BCUT2D eigenvalue weighted by molar-refractivity contribution is 7.92. The summed E-state index contributed by atoms with van der Waals surface area (Å²) in [5.41, 5.74) is 2.14. The van der Waals surface area contributed by atoms with E-state index in [0.717, 1.165) is 11.8 Å². The van der Waals surface area contributed by atoms with E-state index in [1.54, 1.807) is 43.3 Å². The summed E-state index contributed by atoms with van der Waals surface area (Å²) in [5.74, 6) is -0.559. The van der Waals surface area contributed by atoms with Crippen molar-refractivity contribution in [1.82, 2.24) is 10.2 Å². The van der Waals surface area contributed by atoms with Crippen LogP contribution in [0.4, 0.5) is 5.69 Å². The maximum absolute atomic E-state index is 13.3. The first-order valence-electron chi connectivity index (χ1n) is 11.4. The Bertz CT molecular complexity index is 1160. The molecule has 192 valence electrons. The molecule has 0 saturated carbocycles. The van der Waals surface area contributed by atoms with Crippen molar-refractivity contribution < 1.29 is 18.0 Å². The molecule has 1 atom stereocenters. The fraction of sp³-hybridized carbons (Fsp3) is 0.440. The average Bonchev–Trinajstić information content (AvgIpc) is 2.74. The number of benzene rings is 2. The van der Waals surface area contributed by atoms with E-state index in [2.05, 4.69) is 5.32 Å². The molecule has 2 aromatic carbocycles. The first-order valence-corrected chi connectivity index (χ1v) is 14.0. The smallest absolute Gasteiger partial charge is 0.242 e. The Balaban J connectivity index is 2.20. The van der Waals surface area contributed by atoms with E-state index < -0.39 is 16.1 Å². The summed E-state index contributed by atoms with van der Waals surface area (Å²) in [4.78, 5) is 27.5. The predicted molar refractivity (Wildman–Crippen MR) is 142 cm³/mol. The van der Waals surface area contributed by atoms with Crippen molar-refractivity contribution in [2.45, 2.75) is 59.2 Å². The zero-order chi connectivity index (χ0) is 26.3. The third kappa shape index (κ3) is 8.70. The Labute approximate surface area is 218 Å². The molecule has 0 aliphatic heterocycles. The van der Waals surface area contributed by atoms with Gasteiger partial charge in [-0.15, -0.1) is 0 Å². The minimum absolute atomic E-state index is 0.0579. The average molecular weight is 543 g/mol. The SMILES string of the molecule is Cc1cccc(N(CCCC(=O)N(Cc2ccc(Cl)cc2Cl)C(C)C(=O)NC(C)C)S(C)(=O)=O)c1. The van der Waals surface area contributed by atoms with Gasteiger partial charge in [0.1, 0.15) is 6.04 Å². The molecule has 2 aromatic rings. The third-order valence-electron chi connectivity index (χ3n) is 5.40. The lowest BCUT2D eigenvalue weighted by Gasteiger charge is -2.30. The fourth-order valence-electron chi connectivity index (χ4n) is 3.61. The molecular weight excluding hydrogens is 509 g/mol. The first-order chi connectivity index (χ1) is 16.3. The van der Waals surface area contributed by atoms with Gasteiger partial charge in [-0.3, -0.25) is 13.9 Å². The number of hydrogen-bond donors (Lipinski definition) is 1. The number of hydrogen-bond acceptors (Lipinski definition) is 4. The summed E-state index contributed by atoms with van der Waals surface area (Å²) in [6.45, 7) is 7.49. The number of carbonyl (C=O) groups excluding carboxylic acids is 2. The fourth-order valence-corrected chi connectivity index (χ4v) is 5.03. The first kappa shape index (κ1) is 28.9. The van der Waals surface area contributed by atoms with Gasteiger partial charge in [-0.25, -0.2) is 8.42 Å². The van der Waals surface area contributed by atoms with Crippen molar-refractivity contribution in [3.8, 4) is 0 Å². The molecule has 0 saturated heterocycles. The van der Waals surface area contributed by atoms with Crippen molar-refractivity contribution in [2.24, 2.45) is 0 Å². The van der Waals surface area contributed by atoms with Crippen LogP contribution in [0.2, 0.25) is 10.0 Å². The third-order valence-corrected chi connectivity index (χ3v) is 7.18. The molecule has 0 radical (unpaired) electrons. The molecule has 10 heteroatoms. The summed E-state index contributed by atoms with van der Waals surface area (Å²) in [6, 6.07) is 11.3. The Kier molecular flexibility index (Phi) is 10.4. The van der Waals surface area contributed by atoms with Crippen LogP contribution in [0.1, 0.15) is 44.7 Å². The van der Waals surface area contributed by atoms with Crippen molar-refractivity contribution >= 4 is 50.7 Å². The highest BCUT2D eigenvalue weighted by Gasteiger charge is 2.27. The summed E-state index contributed by atoms with van der Waals surface area (Å²) in [5, 5.41) is 3.70. The monoisotopic (exact) mass is 541 g/mol. The molecule has 2 amide bonds. The van der Waals surface area contributed by atoms with E-state index in [1.807, 2.05) is 26.8 Å². The Morgan fingerprint density at radius 3 is 2.31 bits per heavy atom. The van der Waals surface area contributed by atoms with E-state index in [-0.39, 0.29) is 43.8 Å². The van der Waals surface area contributed by atoms with Crippen LogP contribution in [0, 0.1) is 6.92 Å². The highest BCUT2D eigenvalue weighted by atomic mass is 35.5. The Morgan fingerprint density at radius 2 is 1.74 bits per heavy atom. The largest absolute Gasteiger partial charge is 0.352 e. The van der Waals surface area contributed by atoms with Crippen LogP contribution < -0.4 is 9.62 Å². The number of anilines is 1. The van der Waals surface area contributed by atoms with Gasteiger partial charge in [-0.2, -0.15) is 0 Å². The van der Waals surface area contributed by atoms with Crippen LogP contribution in [-0.2, 0) is 26.2 Å². The van der Waals surface area contributed by atoms with E-state index in [1.165, 1.54) is 9.21 Å². The minimum Gasteiger partial charge on any atom is -0.352 e. The zero-order valence-electron chi connectivity index (χ0n) is 20.7. The summed E-state index contributed by atoms with van der Waals surface area (Å²) >= 11 is 12.3. The van der Waals surface area contributed by atoms with Gasteiger partial charge in [0.2, 0.25) is 21.8 Å². The lowest BCUT2D eigenvalue weighted by Crippen LogP contribution is -2.49. The molecule has 2 rings (SSSR count). The van der Waals surface area contributed by atoms with Crippen molar-refractivity contribution in [3.63, 3.8) is 0 Å². The van der Waals surface area contributed by atoms with E-state index in [4.69, 9.17) is 23.2 Å². The standard InChI is InChI=1S/C25H33Cl2N3O4S/c1-17(2)28-25(32)19(4)29(16-20-11-12-21(26)15-23(20)27)24(31)10-7-13-30(35(5,33)34)22-9-6-8-18(3)14-22/h6,8-9,11-12,14-15,17,19H,7,10,13,16H2,1-5H3,(H,28,32). The van der Waals surface area contributed by atoms with Crippen LogP contribution in [-0.4, -0.2) is 50.0 Å². The Hall–Kier alpha value is -2.29. The van der Waals surface area contributed by atoms with Crippen molar-refractivity contribution in [3.05, 3.63) is 63.6 Å². The van der Waals surface area contributed by atoms with Gasteiger partial charge in [0.25, 0.3) is 0 Å². The maximum Gasteiger partial charge on any atom is 0.242 e. The number of sulfonamides is 1. The number of nitrogens with one attached hydrogen (secondary N) is 1. The summed E-state index contributed by atoms with van der Waals surface area (Å²) < 4.78 is 26.1. The normalized spacial score (nSPS) is 12.3. The van der Waals surface area contributed by atoms with Crippen molar-refractivity contribution in [2.75, 3.05) is 17.1 Å². The topological polar surface area (TPSA) is 86.8 Å². The number of halogens is 2. The van der Waals surface area contributed by atoms with Crippen LogP contribution in [0.5, 0.6) is 0 Å². The van der Waals surface area contributed by atoms with Gasteiger partial charge in [0.05, 0.1) is 11.9 Å². The van der Waals surface area contributed by atoms with E-state index in [9.17, 15) is 18.0 Å². The molecule has 0 bridgehead atoms.